The lowest BCUT2D eigenvalue weighted by Gasteiger charge is -2.15. The summed E-state index contributed by atoms with van der Waals surface area (Å²) in [6.07, 6.45) is -5.98. The summed E-state index contributed by atoms with van der Waals surface area (Å²) in [6, 6.07) is 8.01. The van der Waals surface area contributed by atoms with Gasteiger partial charge in [-0.3, -0.25) is 0 Å². The fourth-order valence-corrected chi connectivity index (χ4v) is 2.64. The van der Waals surface area contributed by atoms with Crippen LogP contribution in [0.1, 0.15) is 0 Å². The monoisotopic (exact) mass is 455 g/mol. The summed E-state index contributed by atoms with van der Waals surface area (Å²) in [7, 11) is 4.31. The smallest absolute Gasteiger partial charge is 0.493 e. The van der Waals surface area contributed by atoms with E-state index in [1.54, 1.807) is 12.1 Å². The number of anilines is 4. The van der Waals surface area contributed by atoms with Gasteiger partial charge in [-0.05, 0) is 12.1 Å². The third-order valence-electron chi connectivity index (χ3n) is 3.85. The minimum Gasteiger partial charge on any atom is -0.493 e. The Morgan fingerprint density at radius 3 is 1.91 bits per heavy atom. The predicted molar refractivity (Wildman–Crippen MR) is 106 cm³/mol. The lowest BCUT2D eigenvalue weighted by Crippen LogP contribution is -2.17. The average molecular weight is 455 g/mol. The number of aromatic nitrogens is 3. The molecule has 0 aliphatic rings. The van der Waals surface area contributed by atoms with Crippen LogP contribution in [0.15, 0.2) is 36.4 Å². The van der Waals surface area contributed by atoms with Crippen molar-refractivity contribution < 1.29 is 36.5 Å². The van der Waals surface area contributed by atoms with Gasteiger partial charge in [0.05, 0.1) is 21.3 Å². The quantitative estimate of drug-likeness (QED) is 0.478. The van der Waals surface area contributed by atoms with Crippen molar-refractivity contribution in [1.29, 1.82) is 0 Å². The SMILES string of the molecule is COc1cc(Nc2nc(F)nc(Nc3cccc(OC(F)(F)F)c3)n2)cc(OC)c1OC. The standard InChI is InChI=1S/C19H17F4N5O4/c1-29-13-8-11(9-14(30-2)15(13)31-3)25-18-27-16(20)26-17(28-18)24-10-5-4-6-12(7-10)32-19(21,22)23/h4-9H,1-3H3,(H2,24,25,26,27,28). The number of halogens is 4. The molecule has 0 amide bonds. The topological polar surface area (TPSA) is 99.7 Å². The zero-order valence-corrected chi connectivity index (χ0v) is 17.0. The first-order valence-electron chi connectivity index (χ1n) is 8.82. The summed E-state index contributed by atoms with van der Waals surface area (Å²) in [6.45, 7) is 0. The average Bonchev–Trinajstić information content (AvgIpc) is 2.71. The van der Waals surface area contributed by atoms with Crippen molar-refractivity contribution in [2.75, 3.05) is 32.0 Å². The summed E-state index contributed by atoms with van der Waals surface area (Å²) in [5, 5.41) is 5.38. The van der Waals surface area contributed by atoms with Crippen LogP contribution in [0, 0.1) is 6.08 Å². The van der Waals surface area contributed by atoms with E-state index in [0.717, 1.165) is 12.1 Å². The van der Waals surface area contributed by atoms with Crippen LogP contribution >= 0.6 is 0 Å². The van der Waals surface area contributed by atoms with E-state index in [2.05, 4.69) is 30.3 Å². The highest BCUT2D eigenvalue weighted by atomic mass is 19.4. The van der Waals surface area contributed by atoms with Crippen LogP contribution in [0.5, 0.6) is 23.0 Å². The van der Waals surface area contributed by atoms with Crippen molar-refractivity contribution in [3.8, 4) is 23.0 Å². The molecule has 0 unspecified atom stereocenters. The molecule has 0 spiro atoms. The first-order valence-corrected chi connectivity index (χ1v) is 8.82. The molecular formula is C19H17F4N5O4. The Balaban J connectivity index is 1.85. The molecule has 13 heteroatoms. The first-order chi connectivity index (χ1) is 15.2. The van der Waals surface area contributed by atoms with Gasteiger partial charge in [0, 0.05) is 29.6 Å². The summed E-state index contributed by atoms with van der Waals surface area (Å²) >= 11 is 0. The molecule has 32 heavy (non-hydrogen) atoms. The molecule has 0 bridgehead atoms. The van der Waals surface area contributed by atoms with Crippen molar-refractivity contribution in [2.45, 2.75) is 6.36 Å². The van der Waals surface area contributed by atoms with Gasteiger partial charge in [0.15, 0.2) is 11.5 Å². The Morgan fingerprint density at radius 1 is 0.781 bits per heavy atom. The molecule has 2 aromatic carbocycles. The van der Waals surface area contributed by atoms with Crippen molar-refractivity contribution in [3.05, 3.63) is 42.5 Å². The number of alkyl halides is 3. The van der Waals surface area contributed by atoms with Gasteiger partial charge < -0.3 is 29.6 Å². The summed E-state index contributed by atoms with van der Waals surface area (Å²) in [5.74, 6) is 0.125. The van der Waals surface area contributed by atoms with E-state index in [0.29, 0.717) is 22.9 Å². The predicted octanol–water partition coefficient (Wildman–Crippen LogP) is 4.42. The molecule has 3 aromatic rings. The third kappa shape index (κ3) is 5.77. The zero-order valence-electron chi connectivity index (χ0n) is 17.0. The maximum atomic E-state index is 14.0. The molecule has 0 atom stereocenters. The van der Waals surface area contributed by atoms with E-state index < -0.39 is 18.2 Å². The Morgan fingerprint density at radius 2 is 1.38 bits per heavy atom. The largest absolute Gasteiger partial charge is 0.573 e. The second-order valence-electron chi connectivity index (χ2n) is 5.99. The zero-order chi connectivity index (χ0) is 23.3. The molecule has 2 N–H and O–H groups in total. The minimum absolute atomic E-state index is 0.135. The van der Waals surface area contributed by atoms with Crippen LogP contribution in [0.4, 0.5) is 40.8 Å². The molecule has 1 aromatic heterocycles. The second-order valence-corrected chi connectivity index (χ2v) is 5.99. The van der Waals surface area contributed by atoms with E-state index in [4.69, 9.17) is 14.2 Å². The molecule has 170 valence electrons. The third-order valence-corrected chi connectivity index (χ3v) is 3.85. The van der Waals surface area contributed by atoms with Crippen molar-refractivity contribution in [3.63, 3.8) is 0 Å². The highest BCUT2D eigenvalue weighted by Gasteiger charge is 2.31. The second kappa shape index (κ2) is 9.41. The normalized spacial score (nSPS) is 11.0. The molecule has 3 rings (SSSR count). The summed E-state index contributed by atoms with van der Waals surface area (Å²) in [4.78, 5) is 11.1. The Kier molecular flexibility index (Phi) is 6.66. The highest BCUT2D eigenvalue weighted by molar-refractivity contribution is 5.66. The van der Waals surface area contributed by atoms with E-state index in [1.165, 1.54) is 33.5 Å². The number of nitrogens with zero attached hydrogens (tertiary/aromatic N) is 3. The number of hydrogen-bond donors (Lipinski definition) is 2. The van der Waals surface area contributed by atoms with Crippen molar-refractivity contribution >= 4 is 23.3 Å². The van der Waals surface area contributed by atoms with Gasteiger partial charge in [0.1, 0.15) is 5.75 Å². The lowest BCUT2D eigenvalue weighted by atomic mass is 10.2. The molecular weight excluding hydrogens is 438 g/mol. The maximum Gasteiger partial charge on any atom is 0.573 e. The van der Waals surface area contributed by atoms with Crippen LogP contribution in [0.25, 0.3) is 0 Å². The summed E-state index contributed by atoms with van der Waals surface area (Å²) in [5.41, 5.74) is 0.521. The fraction of sp³-hybridized carbons (Fsp3) is 0.211. The number of methoxy groups -OCH3 is 3. The molecule has 0 saturated carbocycles. The highest BCUT2D eigenvalue weighted by Crippen LogP contribution is 2.40. The number of ether oxygens (including phenoxy) is 4. The molecule has 0 radical (unpaired) electrons. The van der Waals surface area contributed by atoms with E-state index >= 15 is 0 Å². The molecule has 0 fully saturated rings. The van der Waals surface area contributed by atoms with Crippen molar-refractivity contribution in [1.82, 2.24) is 15.0 Å². The number of nitrogens with one attached hydrogen (secondary N) is 2. The van der Waals surface area contributed by atoms with Crippen LogP contribution in [-0.4, -0.2) is 42.6 Å². The van der Waals surface area contributed by atoms with Crippen LogP contribution < -0.4 is 29.6 Å². The van der Waals surface area contributed by atoms with E-state index in [-0.39, 0.29) is 17.6 Å². The number of benzene rings is 2. The van der Waals surface area contributed by atoms with Crippen LogP contribution in [-0.2, 0) is 0 Å². The van der Waals surface area contributed by atoms with Gasteiger partial charge in [-0.1, -0.05) is 6.07 Å². The lowest BCUT2D eigenvalue weighted by molar-refractivity contribution is -0.274. The van der Waals surface area contributed by atoms with Crippen molar-refractivity contribution in [2.24, 2.45) is 0 Å². The Labute approximate surface area is 179 Å². The Bertz CT molecular complexity index is 1070. The molecule has 0 saturated heterocycles. The van der Waals surface area contributed by atoms with Gasteiger partial charge in [0.25, 0.3) is 0 Å². The molecule has 0 aliphatic heterocycles. The van der Waals surface area contributed by atoms with E-state index in [1.807, 2.05) is 0 Å². The maximum absolute atomic E-state index is 14.0. The molecule has 9 nitrogen and oxygen atoms in total. The minimum atomic E-state index is -4.85. The molecule has 1 heterocycles. The fourth-order valence-electron chi connectivity index (χ4n) is 2.64. The summed E-state index contributed by atoms with van der Waals surface area (Å²) < 4.78 is 70.8. The number of rotatable bonds is 8. The van der Waals surface area contributed by atoms with Gasteiger partial charge in [-0.2, -0.15) is 19.3 Å². The Hall–Kier alpha value is -4.03. The first kappa shape index (κ1) is 22.7. The van der Waals surface area contributed by atoms with E-state index in [9.17, 15) is 17.6 Å². The van der Waals surface area contributed by atoms with Gasteiger partial charge in [-0.15, -0.1) is 13.2 Å². The van der Waals surface area contributed by atoms with Crippen LogP contribution in [0.2, 0.25) is 0 Å². The number of hydrogen-bond acceptors (Lipinski definition) is 9. The van der Waals surface area contributed by atoms with Gasteiger partial charge >= 0.3 is 12.4 Å². The molecule has 0 aliphatic carbocycles. The van der Waals surface area contributed by atoms with Gasteiger partial charge in [-0.25, -0.2) is 0 Å². The van der Waals surface area contributed by atoms with Gasteiger partial charge in [0.2, 0.25) is 17.6 Å². The van der Waals surface area contributed by atoms with Crippen LogP contribution in [0.3, 0.4) is 0 Å².